The highest BCUT2D eigenvalue weighted by Crippen LogP contribution is 2.22. The van der Waals surface area contributed by atoms with Gasteiger partial charge in [-0.25, -0.2) is 0 Å². The Morgan fingerprint density at radius 2 is 2.00 bits per heavy atom. The van der Waals surface area contributed by atoms with Crippen LogP contribution in [0.2, 0.25) is 0 Å². The van der Waals surface area contributed by atoms with E-state index in [1.54, 1.807) is 0 Å². The van der Waals surface area contributed by atoms with E-state index in [0.29, 0.717) is 25.9 Å². The molecule has 102 valence electrons. The smallest absolute Gasteiger partial charge is 0.356 e. The van der Waals surface area contributed by atoms with Crippen molar-refractivity contribution in [2.45, 2.75) is 51.7 Å². The minimum atomic E-state index is -4.07. The summed E-state index contributed by atoms with van der Waals surface area (Å²) in [5.41, 5.74) is 0. The Kier molecular flexibility index (Phi) is 7.95. The van der Waals surface area contributed by atoms with Gasteiger partial charge in [0.2, 0.25) is 5.91 Å². The Morgan fingerprint density at radius 1 is 1.35 bits per heavy atom. The van der Waals surface area contributed by atoms with E-state index >= 15 is 0 Å². The Hall–Kier alpha value is -0.780. The second-order valence-electron chi connectivity index (χ2n) is 4.07. The van der Waals surface area contributed by atoms with E-state index in [4.69, 9.17) is 0 Å². The third kappa shape index (κ3) is 11.5. The first-order chi connectivity index (χ1) is 7.85. The Balaban J connectivity index is 3.47. The van der Waals surface area contributed by atoms with Crippen LogP contribution in [0.3, 0.4) is 0 Å². The lowest BCUT2D eigenvalue weighted by atomic mass is 10.1. The summed E-state index contributed by atoms with van der Waals surface area (Å²) in [6.45, 7) is 4.76. The minimum absolute atomic E-state index is 0.00627. The van der Waals surface area contributed by atoms with Gasteiger partial charge in [0.15, 0.2) is 0 Å². The van der Waals surface area contributed by atoms with Crippen molar-refractivity contribution in [1.29, 1.82) is 0 Å². The topological polar surface area (TPSA) is 41.1 Å². The van der Waals surface area contributed by atoms with Gasteiger partial charge in [0.25, 0.3) is 0 Å². The molecular weight excluding hydrogens is 233 g/mol. The van der Waals surface area contributed by atoms with Crippen LogP contribution in [0.25, 0.3) is 0 Å². The maximum absolute atomic E-state index is 11.9. The Morgan fingerprint density at radius 3 is 2.53 bits per heavy atom. The first-order valence-corrected chi connectivity index (χ1v) is 5.92. The van der Waals surface area contributed by atoms with Crippen LogP contribution in [0.5, 0.6) is 0 Å². The molecule has 0 radical (unpaired) electrons. The lowest BCUT2D eigenvalue weighted by molar-refractivity contribution is -0.135. The second-order valence-corrected chi connectivity index (χ2v) is 4.07. The molecule has 6 heteroatoms. The van der Waals surface area contributed by atoms with Crippen LogP contribution in [-0.4, -0.2) is 31.2 Å². The number of rotatable bonds is 8. The summed E-state index contributed by atoms with van der Waals surface area (Å²) >= 11 is 0. The fourth-order valence-corrected chi connectivity index (χ4v) is 1.43. The van der Waals surface area contributed by atoms with Crippen molar-refractivity contribution in [3.63, 3.8) is 0 Å². The third-order valence-corrected chi connectivity index (χ3v) is 2.32. The zero-order valence-corrected chi connectivity index (χ0v) is 10.4. The van der Waals surface area contributed by atoms with Crippen LogP contribution < -0.4 is 10.6 Å². The van der Waals surface area contributed by atoms with Gasteiger partial charge in [-0.1, -0.05) is 0 Å². The number of hydrogen-bond donors (Lipinski definition) is 2. The largest absolute Gasteiger partial charge is 0.389 e. The van der Waals surface area contributed by atoms with Gasteiger partial charge in [-0.05, 0) is 26.7 Å². The van der Waals surface area contributed by atoms with Crippen LogP contribution in [0.15, 0.2) is 0 Å². The van der Waals surface area contributed by atoms with E-state index in [-0.39, 0.29) is 18.4 Å². The van der Waals surface area contributed by atoms with Gasteiger partial charge in [-0.15, -0.1) is 0 Å². The van der Waals surface area contributed by atoms with Gasteiger partial charge in [-0.2, -0.15) is 13.2 Å². The normalized spacial score (nSPS) is 13.5. The van der Waals surface area contributed by atoms with Gasteiger partial charge < -0.3 is 10.6 Å². The number of alkyl halides is 3. The molecule has 0 rings (SSSR count). The highest BCUT2D eigenvalue weighted by atomic mass is 19.4. The molecule has 1 unspecified atom stereocenters. The maximum Gasteiger partial charge on any atom is 0.389 e. The maximum atomic E-state index is 11.9. The molecule has 0 saturated heterocycles. The standard InChI is InChI=1S/C11H21F3N2O/c1-3-15-10(17)6-8-16-9(2)5-4-7-11(12,13)14/h9,16H,3-8H2,1-2H3,(H,15,17). The Bertz CT molecular complexity index is 219. The van der Waals surface area contributed by atoms with Gasteiger partial charge in [0.05, 0.1) is 0 Å². The van der Waals surface area contributed by atoms with Crippen LogP contribution in [-0.2, 0) is 4.79 Å². The summed E-state index contributed by atoms with van der Waals surface area (Å²) in [5.74, 6) is -0.0394. The molecule has 0 aliphatic heterocycles. The zero-order chi connectivity index (χ0) is 13.3. The van der Waals surface area contributed by atoms with Gasteiger partial charge in [0, 0.05) is 32.0 Å². The first kappa shape index (κ1) is 16.2. The lowest BCUT2D eigenvalue weighted by Crippen LogP contribution is -2.32. The summed E-state index contributed by atoms with van der Waals surface area (Å²) in [5, 5.41) is 5.68. The highest BCUT2D eigenvalue weighted by molar-refractivity contribution is 5.75. The van der Waals surface area contributed by atoms with Crippen molar-refractivity contribution >= 4 is 5.91 Å². The molecule has 0 fully saturated rings. The fraction of sp³-hybridized carbons (Fsp3) is 0.909. The molecule has 0 aliphatic carbocycles. The van der Waals surface area contributed by atoms with Crippen molar-refractivity contribution in [2.75, 3.05) is 13.1 Å². The third-order valence-electron chi connectivity index (χ3n) is 2.32. The van der Waals surface area contributed by atoms with Crippen molar-refractivity contribution in [2.24, 2.45) is 0 Å². The molecule has 0 aliphatic rings. The van der Waals surface area contributed by atoms with Gasteiger partial charge in [0.1, 0.15) is 0 Å². The molecule has 0 bridgehead atoms. The van der Waals surface area contributed by atoms with Crippen LogP contribution >= 0.6 is 0 Å². The number of carbonyl (C=O) groups excluding carboxylic acids is 1. The molecule has 0 aromatic rings. The molecule has 0 saturated carbocycles. The van der Waals surface area contributed by atoms with Crippen molar-refractivity contribution in [1.82, 2.24) is 10.6 Å². The van der Waals surface area contributed by atoms with Crippen molar-refractivity contribution < 1.29 is 18.0 Å². The molecule has 0 heterocycles. The van der Waals surface area contributed by atoms with Crippen molar-refractivity contribution in [3.05, 3.63) is 0 Å². The molecule has 0 aromatic carbocycles. The van der Waals surface area contributed by atoms with Crippen molar-refractivity contribution in [3.8, 4) is 0 Å². The Labute approximate surface area is 100 Å². The molecule has 1 amide bonds. The van der Waals surface area contributed by atoms with Crippen LogP contribution in [0.1, 0.15) is 39.5 Å². The molecule has 0 spiro atoms. The SMILES string of the molecule is CCNC(=O)CCNC(C)CCCC(F)(F)F. The van der Waals surface area contributed by atoms with Crippen LogP contribution in [0, 0.1) is 0 Å². The van der Waals surface area contributed by atoms with E-state index in [1.807, 2.05) is 13.8 Å². The average Bonchev–Trinajstić information content (AvgIpc) is 2.16. The predicted molar refractivity (Wildman–Crippen MR) is 60.7 cm³/mol. The second kappa shape index (κ2) is 8.33. The monoisotopic (exact) mass is 254 g/mol. The lowest BCUT2D eigenvalue weighted by Gasteiger charge is -2.14. The fourth-order valence-electron chi connectivity index (χ4n) is 1.43. The van der Waals surface area contributed by atoms with Crippen LogP contribution in [0.4, 0.5) is 13.2 Å². The molecule has 17 heavy (non-hydrogen) atoms. The molecule has 3 nitrogen and oxygen atoms in total. The number of halogens is 3. The number of amides is 1. The van der Waals surface area contributed by atoms with E-state index in [9.17, 15) is 18.0 Å². The highest BCUT2D eigenvalue weighted by Gasteiger charge is 2.26. The first-order valence-electron chi connectivity index (χ1n) is 5.92. The average molecular weight is 254 g/mol. The zero-order valence-electron chi connectivity index (χ0n) is 10.4. The number of hydrogen-bond acceptors (Lipinski definition) is 2. The summed E-state index contributed by atoms with van der Waals surface area (Å²) in [4.78, 5) is 11.1. The summed E-state index contributed by atoms with van der Waals surface area (Å²) in [7, 11) is 0. The minimum Gasteiger partial charge on any atom is -0.356 e. The van der Waals surface area contributed by atoms with E-state index < -0.39 is 12.6 Å². The predicted octanol–water partition coefficient (Wildman–Crippen LogP) is 2.22. The summed E-state index contributed by atoms with van der Waals surface area (Å²) in [6, 6.07) is 0.00627. The number of carbonyl (C=O) groups is 1. The van der Waals surface area contributed by atoms with E-state index in [1.165, 1.54) is 0 Å². The van der Waals surface area contributed by atoms with E-state index in [2.05, 4.69) is 10.6 Å². The molecule has 1 atom stereocenters. The summed E-state index contributed by atoms with van der Waals surface area (Å²) in [6.07, 6.45) is -3.86. The number of nitrogens with one attached hydrogen (secondary N) is 2. The quantitative estimate of drug-likeness (QED) is 0.697. The molecule has 0 aromatic heterocycles. The summed E-state index contributed by atoms with van der Waals surface area (Å²) < 4.78 is 35.6. The van der Waals surface area contributed by atoms with Gasteiger partial charge in [-0.3, -0.25) is 4.79 Å². The van der Waals surface area contributed by atoms with Gasteiger partial charge >= 0.3 is 6.18 Å². The van der Waals surface area contributed by atoms with E-state index in [0.717, 1.165) is 0 Å². The molecular formula is C11H21F3N2O. The molecule has 2 N–H and O–H groups in total.